The lowest BCUT2D eigenvalue weighted by Crippen LogP contribution is -2.10. The molecule has 0 radical (unpaired) electrons. The molecule has 0 saturated carbocycles. The van der Waals surface area contributed by atoms with E-state index >= 15 is 0 Å². The zero-order chi connectivity index (χ0) is 9.97. The average Bonchev–Trinajstić information content (AvgIpc) is 2.74. The largest absolute Gasteiger partial charge is 0.329 e. The molecule has 0 bridgehead atoms. The summed E-state index contributed by atoms with van der Waals surface area (Å²) in [4.78, 5) is 0.954. The molecule has 2 heterocycles. The number of thiophene rings is 1. The maximum atomic E-state index is 5.97. The van der Waals surface area contributed by atoms with E-state index in [0.29, 0.717) is 13.1 Å². The van der Waals surface area contributed by atoms with Gasteiger partial charge in [0.2, 0.25) is 0 Å². The lowest BCUT2D eigenvalue weighted by Gasteiger charge is -1.92. The van der Waals surface area contributed by atoms with Crippen LogP contribution >= 0.6 is 22.9 Å². The van der Waals surface area contributed by atoms with Crippen molar-refractivity contribution < 1.29 is 0 Å². The van der Waals surface area contributed by atoms with E-state index in [1.165, 1.54) is 0 Å². The number of rotatable bonds is 3. The summed E-state index contributed by atoms with van der Waals surface area (Å²) in [5.74, 6) is 0. The van der Waals surface area contributed by atoms with Crippen molar-refractivity contribution >= 4 is 22.9 Å². The van der Waals surface area contributed by atoms with E-state index in [2.05, 4.69) is 10.3 Å². The van der Waals surface area contributed by atoms with E-state index in [-0.39, 0.29) is 0 Å². The zero-order valence-corrected chi connectivity index (χ0v) is 8.92. The number of aromatic nitrogens is 3. The molecular formula is C8H9ClN4S. The van der Waals surface area contributed by atoms with Gasteiger partial charge in [-0.15, -0.1) is 16.4 Å². The Labute approximate surface area is 90.3 Å². The first-order valence-corrected chi connectivity index (χ1v) is 5.40. The average molecular weight is 229 g/mol. The molecule has 0 fully saturated rings. The third-order valence-electron chi connectivity index (χ3n) is 1.75. The van der Waals surface area contributed by atoms with Gasteiger partial charge in [0.25, 0.3) is 0 Å². The first-order valence-electron chi connectivity index (χ1n) is 4.15. The summed E-state index contributed by atoms with van der Waals surface area (Å²) in [6.07, 6.45) is 1.85. The minimum Gasteiger partial charge on any atom is -0.329 e. The first kappa shape index (κ1) is 9.64. The van der Waals surface area contributed by atoms with Crippen LogP contribution < -0.4 is 5.73 Å². The predicted molar refractivity (Wildman–Crippen MR) is 57.4 cm³/mol. The molecule has 14 heavy (non-hydrogen) atoms. The number of halogens is 1. The third-order valence-corrected chi connectivity index (χ3v) is 3.11. The lowest BCUT2D eigenvalue weighted by molar-refractivity contribution is 0.598. The third kappa shape index (κ3) is 1.79. The minimum atomic E-state index is 0.557. The SMILES string of the molecule is NCCn1cc(-c2sccc2Cl)nn1. The number of hydrogen-bond donors (Lipinski definition) is 1. The molecule has 0 amide bonds. The van der Waals surface area contributed by atoms with Gasteiger partial charge in [-0.1, -0.05) is 16.8 Å². The molecule has 2 rings (SSSR count). The molecule has 0 aliphatic heterocycles. The molecule has 0 atom stereocenters. The summed E-state index contributed by atoms with van der Waals surface area (Å²) in [5, 5.41) is 10.6. The molecule has 0 spiro atoms. The Morgan fingerprint density at radius 3 is 3.07 bits per heavy atom. The van der Waals surface area contributed by atoms with Gasteiger partial charge >= 0.3 is 0 Å². The van der Waals surface area contributed by atoms with Gasteiger partial charge < -0.3 is 5.73 Å². The van der Waals surface area contributed by atoms with Gasteiger partial charge in [0, 0.05) is 6.54 Å². The molecule has 2 aromatic rings. The fraction of sp³-hybridized carbons (Fsp3) is 0.250. The van der Waals surface area contributed by atoms with Crippen LogP contribution in [0.25, 0.3) is 10.6 Å². The first-order chi connectivity index (χ1) is 6.81. The monoisotopic (exact) mass is 228 g/mol. The Hall–Kier alpha value is -0.910. The van der Waals surface area contributed by atoms with Gasteiger partial charge in [-0.05, 0) is 11.4 Å². The molecule has 0 aliphatic carbocycles. The van der Waals surface area contributed by atoms with Crippen LogP contribution in [0.15, 0.2) is 17.6 Å². The van der Waals surface area contributed by atoms with E-state index in [1.54, 1.807) is 16.0 Å². The molecule has 0 aliphatic rings. The summed E-state index contributed by atoms with van der Waals surface area (Å²) >= 11 is 7.52. The standard InChI is InChI=1S/C8H9ClN4S/c9-6-1-4-14-8(6)7-5-13(3-2-10)12-11-7/h1,4-5H,2-3,10H2. The van der Waals surface area contributed by atoms with E-state index in [0.717, 1.165) is 15.6 Å². The van der Waals surface area contributed by atoms with E-state index in [1.807, 2.05) is 17.6 Å². The van der Waals surface area contributed by atoms with Gasteiger partial charge in [0.05, 0.1) is 22.6 Å². The fourth-order valence-electron chi connectivity index (χ4n) is 1.12. The molecule has 4 nitrogen and oxygen atoms in total. The van der Waals surface area contributed by atoms with Crippen LogP contribution in [-0.4, -0.2) is 21.5 Å². The van der Waals surface area contributed by atoms with Crippen LogP contribution in [0.3, 0.4) is 0 Å². The van der Waals surface area contributed by atoms with Gasteiger partial charge in [-0.2, -0.15) is 0 Å². The molecule has 2 aromatic heterocycles. The van der Waals surface area contributed by atoms with Crippen molar-refractivity contribution in [3.63, 3.8) is 0 Å². The molecular weight excluding hydrogens is 220 g/mol. The molecule has 6 heteroatoms. The smallest absolute Gasteiger partial charge is 0.124 e. The van der Waals surface area contributed by atoms with Gasteiger partial charge in [-0.3, -0.25) is 4.68 Å². The van der Waals surface area contributed by atoms with Crippen molar-refractivity contribution in [3.05, 3.63) is 22.7 Å². The highest BCUT2D eigenvalue weighted by Crippen LogP contribution is 2.31. The van der Waals surface area contributed by atoms with Crippen molar-refractivity contribution in [3.8, 4) is 10.6 Å². The Kier molecular flexibility index (Phi) is 2.81. The predicted octanol–water partition coefficient (Wildman–Crippen LogP) is 1.62. The maximum Gasteiger partial charge on any atom is 0.124 e. The Morgan fingerprint density at radius 2 is 2.43 bits per heavy atom. The highest BCUT2D eigenvalue weighted by molar-refractivity contribution is 7.14. The quantitative estimate of drug-likeness (QED) is 0.869. The Bertz CT molecular complexity index is 422. The second kappa shape index (κ2) is 4.08. The van der Waals surface area contributed by atoms with Gasteiger partial charge in [-0.25, -0.2) is 0 Å². The Morgan fingerprint density at radius 1 is 1.57 bits per heavy atom. The van der Waals surface area contributed by atoms with Crippen LogP contribution in [0.1, 0.15) is 0 Å². The highest BCUT2D eigenvalue weighted by atomic mass is 35.5. The summed E-state index contributed by atoms with van der Waals surface area (Å²) in [6, 6.07) is 1.85. The van der Waals surface area contributed by atoms with E-state index in [9.17, 15) is 0 Å². The van der Waals surface area contributed by atoms with E-state index in [4.69, 9.17) is 17.3 Å². The normalized spacial score (nSPS) is 10.7. The molecule has 0 aromatic carbocycles. The molecule has 2 N–H and O–H groups in total. The molecule has 0 unspecified atom stereocenters. The van der Waals surface area contributed by atoms with Crippen LogP contribution in [0.4, 0.5) is 0 Å². The summed E-state index contributed by atoms with van der Waals surface area (Å²) in [5.41, 5.74) is 6.21. The highest BCUT2D eigenvalue weighted by Gasteiger charge is 2.08. The summed E-state index contributed by atoms with van der Waals surface area (Å²) in [7, 11) is 0. The second-order valence-corrected chi connectivity index (χ2v) is 4.08. The van der Waals surface area contributed by atoms with Crippen molar-refractivity contribution in [1.29, 1.82) is 0 Å². The van der Waals surface area contributed by atoms with Gasteiger partial charge in [0.1, 0.15) is 5.69 Å². The minimum absolute atomic E-state index is 0.557. The topological polar surface area (TPSA) is 56.7 Å². The second-order valence-electron chi connectivity index (χ2n) is 2.75. The van der Waals surface area contributed by atoms with Crippen molar-refractivity contribution in [1.82, 2.24) is 15.0 Å². The summed E-state index contributed by atoms with van der Waals surface area (Å²) < 4.78 is 1.71. The van der Waals surface area contributed by atoms with Crippen LogP contribution in [0, 0.1) is 0 Å². The van der Waals surface area contributed by atoms with E-state index < -0.39 is 0 Å². The van der Waals surface area contributed by atoms with Gasteiger partial charge in [0.15, 0.2) is 0 Å². The Balaban J connectivity index is 2.29. The molecule has 0 saturated heterocycles. The van der Waals surface area contributed by atoms with Crippen LogP contribution in [-0.2, 0) is 6.54 Å². The van der Waals surface area contributed by atoms with Crippen molar-refractivity contribution in [2.45, 2.75) is 6.54 Å². The number of hydrogen-bond acceptors (Lipinski definition) is 4. The maximum absolute atomic E-state index is 5.97. The summed E-state index contributed by atoms with van der Waals surface area (Å²) in [6.45, 7) is 1.23. The zero-order valence-electron chi connectivity index (χ0n) is 7.35. The number of nitrogens with two attached hydrogens (primary N) is 1. The van der Waals surface area contributed by atoms with Crippen LogP contribution in [0.5, 0.6) is 0 Å². The number of nitrogens with zero attached hydrogens (tertiary/aromatic N) is 3. The van der Waals surface area contributed by atoms with Crippen LogP contribution in [0.2, 0.25) is 5.02 Å². The van der Waals surface area contributed by atoms with Crippen molar-refractivity contribution in [2.75, 3.05) is 6.54 Å². The lowest BCUT2D eigenvalue weighted by atomic mass is 10.4. The fourth-order valence-corrected chi connectivity index (χ4v) is 2.22. The molecule has 74 valence electrons. The van der Waals surface area contributed by atoms with Crippen molar-refractivity contribution in [2.24, 2.45) is 5.73 Å².